The maximum atomic E-state index is 7.15. The molecule has 5 nitrogen and oxygen atoms in total. The summed E-state index contributed by atoms with van der Waals surface area (Å²) in [6.45, 7) is 27.6. The van der Waals surface area contributed by atoms with E-state index >= 15 is 0 Å². The molecule has 0 radical (unpaired) electrons. The van der Waals surface area contributed by atoms with E-state index in [4.69, 9.17) is 9.72 Å². The van der Waals surface area contributed by atoms with E-state index in [1.54, 1.807) is 0 Å². The topological polar surface area (TPSA) is 35.9 Å². The van der Waals surface area contributed by atoms with E-state index in [0.717, 1.165) is 62.1 Å². The summed E-state index contributed by atoms with van der Waals surface area (Å²) in [5.41, 5.74) is 12.3. The average molecular weight is 945 g/mol. The first-order valence-corrected chi connectivity index (χ1v) is 25.5. The fraction of sp³-hybridized carbons (Fsp3) is 0.254. The number of benzene rings is 7. The van der Waals surface area contributed by atoms with Gasteiger partial charge in [0.2, 0.25) is 0 Å². The Balaban J connectivity index is 1.21. The third-order valence-electron chi connectivity index (χ3n) is 15.1. The van der Waals surface area contributed by atoms with Gasteiger partial charge in [-0.15, -0.1) is 0 Å². The second kappa shape index (κ2) is 18.0. The van der Waals surface area contributed by atoms with Crippen LogP contribution >= 0.6 is 0 Å². The molecular formula is C67H68N4O. The summed E-state index contributed by atoms with van der Waals surface area (Å²) in [7, 11) is 0. The molecule has 10 aromatic rings. The molecular weight excluding hydrogens is 877 g/mol. The average Bonchev–Trinajstić information content (AvgIpc) is 3.95. The van der Waals surface area contributed by atoms with Crippen molar-refractivity contribution in [3.05, 3.63) is 245 Å². The van der Waals surface area contributed by atoms with Crippen LogP contribution in [0.2, 0.25) is 0 Å². The minimum absolute atomic E-state index is 0.0333. The zero-order chi connectivity index (χ0) is 50.8. The number of ether oxygens (including phenoxy) is 1. The Morgan fingerprint density at radius 1 is 0.431 bits per heavy atom. The summed E-state index contributed by atoms with van der Waals surface area (Å²) >= 11 is 0. The number of imidazole rings is 1. The number of fused-ring (bicyclic) bond motifs is 3. The van der Waals surface area contributed by atoms with E-state index in [-0.39, 0.29) is 16.2 Å². The fourth-order valence-electron chi connectivity index (χ4n) is 10.6. The van der Waals surface area contributed by atoms with Gasteiger partial charge in [-0.2, -0.15) is 0 Å². The minimum atomic E-state index is -0.499. The van der Waals surface area contributed by atoms with Gasteiger partial charge >= 0.3 is 0 Å². The summed E-state index contributed by atoms with van der Waals surface area (Å²) in [4.78, 5) is 4.95. The molecule has 0 aliphatic carbocycles. The van der Waals surface area contributed by atoms with Gasteiger partial charge in [0.1, 0.15) is 17.3 Å². The lowest BCUT2D eigenvalue weighted by Crippen LogP contribution is -2.43. The van der Waals surface area contributed by atoms with Crippen molar-refractivity contribution in [3.63, 3.8) is 0 Å². The lowest BCUT2D eigenvalue weighted by molar-refractivity contribution is -0.611. The molecule has 7 aromatic carbocycles. The van der Waals surface area contributed by atoms with Crippen LogP contribution in [0.4, 0.5) is 0 Å². The van der Waals surface area contributed by atoms with Crippen molar-refractivity contribution in [3.8, 4) is 28.7 Å². The molecule has 0 spiro atoms. The van der Waals surface area contributed by atoms with Crippen molar-refractivity contribution in [2.75, 3.05) is 0 Å². The predicted molar refractivity (Wildman–Crippen MR) is 298 cm³/mol. The Morgan fingerprint density at radius 3 is 1.64 bits per heavy atom. The highest BCUT2D eigenvalue weighted by molar-refractivity contribution is 6.09. The van der Waals surface area contributed by atoms with Crippen LogP contribution in [-0.4, -0.2) is 14.1 Å². The largest absolute Gasteiger partial charge is 0.458 e. The highest BCUT2D eigenvalue weighted by atomic mass is 16.5. The van der Waals surface area contributed by atoms with Crippen molar-refractivity contribution >= 4 is 21.8 Å². The second-order valence-corrected chi connectivity index (χ2v) is 23.2. The van der Waals surface area contributed by atoms with Crippen molar-refractivity contribution in [2.24, 2.45) is 0 Å². The van der Waals surface area contributed by atoms with Crippen LogP contribution in [0.5, 0.6) is 11.5 Å². The first-order valence-electron chi connectivity index (χ1n) is 25.5. The van der Waals surface area contributed by atoms with Gasteiger partial charge in [0.15, 0.2) is 0 Å². The molecule has 0 N–H and O–H groups in total. The molecule has 0 atom stereocenters. The van der Waals surface area contributed by atoms with Crippen LogP contribution in [0, 0.1) is 6.33 Å². The van der Waals surface area contributed by atoms with Gasteiger partial charge < -0.3 is 4.74 Å². The van der Waals surface area contributed by atoms with E-state index in [1.165, 1.54) is 33.2 Å². The van der Waals surface area contributed by atoms with E-state index in [2.05, 4.69) is 291 Å². The number of hydrogen-bond donors (Lipinski definition) is 0. The zero-order valence-corrected chi connectivity index (χ0v) is 44.2. The van der Waals surface area contributed by atoms with Gasteiger partial charge in [-0.3, -0.25) is 13.7 Å². The van der Waals surface area contributed by atoms with Crippen LogP contribution < -0.4 is 9.30 Å². The van der Waals surface area contributed by atoms with Gasteiger partial charge in [-0.25, -0.2) is 4.98 Å². The number of para-hydroxylation sites is 1. The van der Waals surface area contributed by atoms with Crippen LogP contribution in [0.15, 0.2) is 194 Å². The van der Waals surface area contributed by atoms with Gasteiger partial charge in [-0.05, 0) is 105 Å². The molecule has 0 bridgehead atoms. The first kappa shape index (κ1) is 48.1. The SMILES string of the molecule is CC(C)(C)c1cc(Oc2ccc3c4ccccc4n(-c4cc(C(C)(C)C)ccn4)c3c2)cc(-n2[c-][n+](-c3cccc(C(C)(C)c4ccccc4)c3)c(C(C)(C)c3ccccc3)c2C(C)(C)c2ccccc2)c1. The summed E-state index contributed by atoms with van der Waals surface area (Å²) in [6.07, 6.45) is 6.00. The summed E-state index contributed by atoms with van der Waals surface area (Å²) in [5.74, 6) is 2.38. The molecule has 0 fully saturated rings. The van der Waals surface area contributed by atoms with Gasteiger partial charge in [0, 0.05) is 39.3 Å². The number of rotatable bonds is 11. The standard InChI is InChI=1S/C67H68N4O/c1-63(2,3)49-37-38-68-60(42-49)71-58-34-23-22-33-56(58)57-36-35-54(44-59(57)71)72-55-41-51(64(4,5)6)40-53(43-55)70-45-69(52-32-24-31-50(39-52)65(7,8)46-25-16-13-17-26-46)61(66(9,10)47-27-18-14-19-28-47)62(70)67(11,12)48-29-20-15-21-30-48/h13-44H,1-12H3. The third-order valence-corrected chi connectivity index (χ3v) is 15.1. The maximum Gasteiger partial charge on any atom is 0.269 e. The molecule has 3 heterocycles. The lowest BCUT2D eigenvalue weighted by Gasteiger charge is -2.35. The van der Waals surface area contributed by atoms with Crippen LogP contribution in [0.25, 0.3) is 39.0 Å². The highest BCUT2D eigenvalue weighted by Gasteiger charge is 2.40. The number of hydrogen-bond acceptors (Lipinski definition) is 2. The number of aromatic nitrogens is 4. The number of pyridine rings is 1. The van der Waals surface area contributed by atoms with Gasteiger partial charge in [0.05, 0.1) is 33.8 Å². The van der Waals surface area contributed by atoms with Gasteiger partial charge in [0.25, 0.3) is 6.33 Å². The van der Waals surface area contributed by atoms with E-state index in [1.807, 2.05) is 6.20 Å². The molecule has 72 heavy (non-hydrogen) atoms. The molecule has 0 unspecified atom stereocenters. The van der Waals surface area contributed by atoms with Crippen molar-refractivity contribution in [1.29, 1.82) is 0 Å². The summed E-state index contributed by atoms with van der Waals surface area (Å²) in [5, 5.41) is 2.32. The molecule has 0 aliphatic heterocycles. The summed E-state index contributed by atoms with van der Waals surface area (Å²) < 4.78 is 14.1. The number of nitrogens with zero attached hydrogens (tertiary/aromatic N) is 4. The van der Waals surface area contributed by atoms with Gasteiger partial charge in [-0.1, -0.05) is 204 Å². The Morgan fingerprint density at radius 2 is 1.00 bits per heavy atom. The minimum Gasteiger partial charge on any atom is -0.458 e. The molecule has 0 saturated carbocycles. The maximum absolute atomic E-state index is 7.15. The molecule has 362 valence electrons. The molecule has 0 amide bonds. The van der Waals surface area contributed by atoms with Crippen molar-refractivity contribution < 1.29 is 9.30 Å². The van der Waals surface area contributed by atoms with E-state index in [0.29, 0.717) is 0 Å². The Labute approximate surface area is 427 Å². The normalized spacial score (nSPS) is 12.7. The molecule has 10 rings (SSSR count). The Kier molecular flexibility index (Phi) is 12.0. The fourth-order valence-corrected chi connectivity index (χ4v) is 10.6. The lowest BCUT2D eigenvalue weighted by atomic mass is 9.73. The van der Waals surface area contributed by atoms with Crippen LogP contribution in [-0.2, 0) is 27.1 Å². The highest BCUT2D eigenvalue weighted by Crippen LogP contribution is 2.44. The Bertz CT molecular complexity index is 3580. The molecule has 3 aromatic heterocycles. The smallest absolute Gasteiger partial charge is 0.269 e. The van der Waals surface area contributed by atoms with E-state index in [9.17, 15) is 0 Å². The van der Waals surface area contributed by atoms with Crippen LogP contribution in [0.3, 0.4) is 0 Å². The summed E-state index contributed by atoms with van der Waals surface area (Å²) in [6, 6.07) is 67.9. The second-order valence-electron chi connectivity index (χ2n) is 23.2. The van der Waals surface area contributed by atoms with Crippen molar-refractivity contribution in [1.82, 2.24) is 14.1 Å². The zero-order valence-electron chi connectivity index (χ0n) is 44.2. The van der Waals surface area contributed by atoms with E-state index < -0.39 is 10.8 Å². The van der Waals surface area contributed by atoms with Crippen molar-refractivity contribution in [2.45, 2.75) is 110 Å². The third kappa shape index (κ3) is 8.74. The molecule has 0 saturated heterocycles. The Hall–Kier alpha value is -7.50. The quantitative estimate of drug-likeness (QED) is 0.0957. The van der Waals surface area contributed by atoms with Crippen LogP contribution in [0.1, 0.15) is 128 Å². The molecule has 5 heteroatoms. The monoisotopic (exact) mass is 945 g/mol. The molecule has 0 aliphatic rings. The predicted octanol–water partition coefficient (Wildman–Crippen LogP) is 16.4. The first-order chi connectivity index (χ1) is 34.2.